The summed E-state index contributed by atoms with van der Waals surface area (Å²) in [7, 11) is 0. The molecular formula is C18H12ClF3N2O4. The summed E-state index contributed by atoms with van der Waals surface area (Å²) < 4.78 is 52.9. The fourth-order valence-corrected chi connectivity index (χ4v) is 2.63. The first kappa shape index (κ1) is 19.6. The average Bonchev–Trinajstić information content (AvgIpc) is 2.67. The number of hydrogen-bond acceptors (Lipinski definition) is 6. The molecule has 10 heteroatoms. The second-order valence-electron chi connectivity index (χ2n) is 5.73. The molecule has 0 atom stereocenters. The van der Waals surface area contributed by atoms with Crippen LogP contribution in [0.3, 0.4) is 0 Å². The minimum atomic E-state index is -1.28. The topological polar surface area (TPSA) is 109 Å². The first-order valence-corrected chi connectivity index (χ1v) is 8.28. The number of nitrogens with two attached hydrogens (primary N) is 2. The molecule has 146 valence electrons. The molecular weight excluding hydrogens is 401 g/mol. The van der Waals surface area contributed by atoms with Gasteiger partial charge in [0.05, 0.1) is 22.3 Å². The molecule has 0 fully saturated rings. The number of carbonyl (C=O) groups is 1. The maximum atomic E-state index is 14.8. The van der Waals surface area contributed by atoms with Gasteiger partial charge in [0.15, 0.2) is 22.6 Å². The van der Waals surface area contributed by atoms with Gasteiger partial charge in [-0.3, -0.25) is 9.59 Å². The molecule has 0 amide bonds. The summed E-state index contributed by atoms with van der Waals surface area (Å²) in [6.45, 7) is -0.812. The lowest BCUT2D eigenvalue weighted by molar-refractivity contribution is -0.141. The lowest BCUT2D eigenvalue weighted by Gasteiger charge is -2.12. The van der Waals surface area contributed by atoms with E-state index in [1.54, 1.807) is 0 Å². The lowest BCUT2D eigenvalue weighted by Crippen LogP contribution is -2.13. The Balaban J connectivity index is 2.23. The maximum absolute atomic E-state index is 14.8. The van der Waals surface area contributed by atoms with E-state index in [2.05, 4.69) is 4.74 Å². The molecule has 0 bridgehead atoms. The quantitative estimate of drug-likeness (QED) is 0.386. The first-order valence-electron chi connectivity index (χ1n) is 7.74. The van der Waals surface area contributed by atoms with Gasteiger partial charge in [-0.05, 0) is 18.2 Å². The van der Waals surface area contributed by atoms with Crippen molar-refractivity contribution in [2.45, 2.75) is 6.61 Å². The van der Waals surface area contributed by atoms with Crippen LogP contribution in [0.5, 0.6) is 0 Å². The van der Waals surface area contributed by atoms with Gasteiger partial charge in [-0.1, -0.05) is 0 Å². The van der Waals surface area contributed by atoms with Gasteiger partial charge < -0.3 is 20.6 Å². The van der Waals surface area contributed by atoms with Crippen LogP contribution in [0.25, 0.3) is 22.3 Å². The lowest BCUT2D eigenvalue weighted by atomic mass is 10.1. The predicted molar refractivity (Wildman–Crippen MR) is 97.1 cm³/mol. The number of ether oxygens (including phenoxy) is 1. The Labute approximate surface area is 160 Å². The summed E-state index contributed by atoms with van der Waals surface area (Å²) in [6.07, 6.45) is 0. The van der Waals surface area contributed by atoms with Crippen molar-refractivity contribution in [2.24, 2.45) is 0 Å². The van der Waals surface area contributed by atoms with Gasteiger partial charge in [-0.15, -0.1) is 11.6 Å². The number of anilines is 2. The molecule has 0 aliphatic rings. The Morgan fingerprint density at radius 2 is 1.86 bits per heavy atom. The molecule has 0 unspecified atom stereocenters. The molecule has 4 N–H and O–H groups in total. The van der Waals surface area contributed by atoms with E-state index in [9.17, 15) is 22.8 Å². The molecule has 3 rings (SSSR count). The van der Waals surface area contributed by atoms with E-state index in [4.69, 9.17) is 27.5 Å². The summed E-state index contributed by atoms with van der Waals surface area (Å²) >= 11 is 5.27. The van der Waals surface area contributed by atoms with Crippen molar-refractivity contribution in [3.05, 3.63) is 57.5 Å². The SMILES string of the molecule is Nc1ccc(-c2cc(=O)c3c(N)c(F)c(COC(=O)CCl)c(F)c3o2)cc1F. The van der Waals surface area contributed by atoms with Gasteiger partial charge in [0.1, 0.15) is 24.1 Å². The van der Waals surface area contributed by atoms with Crippen LogP contribution in [0.15, 0.2) is 33.5 Å². The molecule has 0 spiro atoms. The van der Waals surface area contributed by atoms with Crippen LogP contribution in [0, 0.1) is 17.5 Å². The van der Waals surface area contributed by atoms with Crippen molar-refractivity contribution in [3.8, 4) is 11.3 Å². The molecule has 0 saturated carbocycles. The highest BCUT2D eigenvalue weighted by Crippen LogP contribution is 2.32. The van der Waals surface area contributed by atoms with Crippen LogP contribution in [0.2, 0.25) is 0 Å². The largest absolute Gasteiger partial charge is 0.460 e. The molecule has 0 radical (unpaired) electrons. The number of esters is 1. The summed E-state index contributed by atoms with van der Waals surface area (Å²) in [5.74, 6) is -4.93. The zero-order chi connectivity index (χ0) is 20.6. The van der Waals surface area contributed by atoms with Crippen LogP contribution in [0.4, 0.5) is 24.5 Å². The third-order valence-electron chi connectivity index (χ3n) is 3.95. The number of halogens is 4. The number of fused-ring (bicyclic) bond motifs is 1. The van der Waals surface area contributed by atoms with E-state index >= 15 is 0 Å². The van der Waals surface area contributed by atoms with Crippen molar-refractivity contribution in [3.63, 3.8) is 0 Å². The highest BCUT2D eigenvalue weighted by atomic mass is 35.5. The Morgan fingerprint density at radius 1 is 1.14 bits per heavy atom. The van der Waals surface area contributed by atoms with Crippen molar-refractivity contribution in [2.75, 3.05) is 17.3 Å². The fourth-order valence-electron chi connectivity index (χ4n) is 2.55. The van der Waals surface area contributed by atoms with Gasteiger partial charge >= 0.3 is 5.97 Å². The summed E-state index contributed by atoms with van der Waals surface area (Å²) in [4.78, 5) is 23.5. The standard InChI is InChI=1S/C18H12ClF3N2O4/c19-5-13(26)27-6-8-15(21)17(24)14-11(25)4-12(28-18(14)16(8)22)7-1-2-10(23)9(20)3-7/h1-4H,5-6,23-24H2. The number of nitrogen functional groups attached to an aromatic ring is 2. The molecule has 28 heavy (non-hydrogen) atoms. The van der Waals surface area contributed by atoms with E-state index in [-0.39, 0.29) is 17.0 Å². The normalized spacial score (nSPS) is 11.0. The summed E-state index contributed by atoms with van der Waals surface area (Å²) in [6, 6.07) is 4.51. The zero-order valence-corrected chi connectivity index (χ0v) is 14.8. The molecule has 0 aliphatic heterocycles. The second-order valence-corrected chi connectivity index (χ2v) is 6.00. The van der Waals surface area contributed by atoms with Crippen molar-refractivity contribution >= 4 is 39.9 Å². The van der Waals surface area contributed by atoms with Crippen LogP contribution in [0.1, 0.15) is 5.56 Å². The maximum Gasteiger partial charge on any atom is 0.321 e. The molecule has 1 aromatic heterocycles. The van der Waals surface area contributed by atoms with Gasteiger partial charge in [-0.2, -0.15) is 0 Å². The number of benzene rings is 2. The highest BCUT2D eigenvalue weighted by molar-refractivity contribution is 6.26. The minimum absolute atomic E-state index is 0.100. The second kappa shape index (κ2) is 7.43. The molecule has 2 aromatic carbocycles. The van der Waals surface area contributed by atoms with Crippen molar-refractivity contribution in [1.29, 1.82) is 0 Å². The Kier molecular flexibility index (Phi) is 5.19. The van der Waals surface area contributed by atoms with E-state index in [0.29, 0.717) is 0 Å². The molecule has 3 aromatic rings. The smallest absolute Gasteiger partial charge is 0.321 e. The number of rotatable bonds is 4. The van der Waals surface area contributed by atoms with E-state index in [1.165, 1.54) is 12.1 Å². The monoisotopic (exact) mass is 412 g/mol. The number of carbonyl (C=O) groups excluding carboxylic acids is 1. The Bertz CT molecular complexity index is 1160. The van der Waals surface area contributed by atoms with Gasteiger partial charge in [-0.25, -0.2) is 13.2 Å². The van der Waals surface area contributed by atoms with Crippen LogP contribution >= 0.6 is 11.6 Å². The van der Waals surface area contributed by atoms with Gasteiger partial charge in [0, 0.05) is 11.6 Å². The van der Waals surface area contributed by atoms with Crippen LogP contribution in [-0.2, 0) is 16.1 Å². The Hall–Kier alpha value is -3.20. The molecule has 0 saturated heterocycles. The number of alkyl halides is 1. The average molecular weight is 413 g/mol. The van der Waals surface area contributed by atoms with Crippen LogP contribution in [-0.4, -0.2) is 11.8 Å². The third-order valence-corrected chi connectivity index (χ3v) is 4.17. The van der Waals surface area contributed by atoms with E-state index in [1.807, 2.05) is 0 Å². The predicted octanol–water partition coefficient (Wildman–Crippen LogP) is 3.32. The summed E-state index contributed by atoms with van der Waals surface area (Å²) in [5, 5.41) is -0.526. The summed E-state index contributed by atoms with van der Waals surface area (Å²) in [5.41, 5.74) is 8.10. The van der Waals surface area contributed by atoms with Gasteiger partial charge in [0.25, 0.3) is 0 Å². The Morgan fingerprint density at radius 3 is 2.50 bits per heavy atom. The van der Waals surface area contributed by atoms with Crippen LogP contribution < -0.4 is 16.9 Å². The molecule has 6 nitrogen and oxygen atoms in total. The van der Waals surface area contributed by atoms with Gasteiger partial charge in [0.2, 0.25) is 0 Å². The minimum Gasteiger partial charge on any atom is -0.460 e. The molecule has 0 aliphatic carbocycles. The van der Waals surface area contributed by atoms with E-state index in [0.717, 1.165) is 12.1 Å². The third kappa shape index (κ3) is 3.36. The number of hydrogen-bond donors (Lipinski definition) is 2. The fraction of sp³-hybridized carbons (Fsp3) is 0.111. The van der Waals surface area contributed by atoms with Crippen molar-refractivity contribution in [1.82, 2.24) is 0 Å². The highest BCUT2D eigenvalue weighted by Gasteiger charge is 2.24. The first-order chi connectivity index (χ1) is 13.2. The zero-order valence-electron chi connectivity index (χ0n) is 14.0. The molecule has 1 heterocycles. The van der Waals surface area contributed by atoms with Crippen molar-refractivity contribution < 1.29 is 27.1 Å². The van der Waals surface area contributed by atoms with E-state index < -0.39 is 63.6 Å².